The molecule has 98 valence electrons. The molecule has 0 saturated carbocycles. The molecular weight excluding hydrogens is 310 g/mol. The number of nitrogens with one attached hydrogen (secondary N) is 1. The Bertz CT molecular complexity index is 576. The van der Waals surface area contributed by atoms with Crippen LogP contribution < -0.4 is 5.32 Å². The topological polar surface area (TPSA) is 69.6 Å². The normalized spacial score (nSPS) is 10.2. The molecule has 19 heavy (non-hydrogen) atoms. The van der Waals surface area contributed by atoms with Crippen LogP contribution in [0.2, 0.25) is 0 Å². The summed E-state index contributed by atoms with van der Waals surface area (Å²) in [6, 6.07) is 12.1. The maximum Gasteiger partial charge on any atom is 0.251 e. The van der Waals surface area contributed by atoms with E-state index < -0.39 is 0 Å². The molecule has 2 aromatic carbocycles. The molecule has 0 fully saturated rings. The van der Waals surface area contributed by atoms with Gasteiger partial charge in [-0.2, -0.15) is 0 Å². The van der Waals surface area contributed by atoms with Crippen LogP contribution in [0.3, 0.4) is 0 Å². The predicted molar refractivity (Wildman–Crippen MR) is 75.1 cm³/mol. The molecule has 2 aromatic rings. The van der Waals surface area contributed by atoms with Crippen LogP contribution in [0, 0.1) is 0 Å². The third kappa shape index (κ3) is 3.26. The van der Waals surface area contributed by atoms with Crippen molar-refractivity contribution >= 4 is 21.8 Å². The number of carbonyl (C=O) groups is 1. The molecule has 0 spiro atoms. The summed E-state index contributed by atoms with van der Waals surface area (Å²) in [5.74, 6) is -0.711. The summed E-state index contributed by atoms with van der Waals surface area (Å²) in [6.45, 7) is 0.386. The van der Waals surface area contributed by atoms with E-state index in [0.29, 0.717) is 6.54 Å². The van der Waals surface area contributed by atoms with Crippen molar-refractivity contribution in [3.63, 3.8) is 0 Å². The van der Waals surface area contributed by atoms with E-state index in [-0.39, 0.29) is 27.4 Å². The standard InChI is InChI=1S/C14H12BrNO3/c15-13-11(17)6-10(7-12(13)18)14(19)16-8-9-4-2-1-3-5-9/h1-7,17-18H,8H2,(H,16,19). The lowest BCUT2D eigenvalue weighted by molar-refractivity contribution is 0.0950. The van der Waals surface area contributed by atoms with Crippen molar-refractivity contribution in [2.24, 2.45) is 0 Å². The van der Waals surface area contributed by atoms with Gasteiger partial charge in [0.15, 0.2) is 0 Å². The molecule has 0 heterocycles. The molecule has 2 rings (SSSR count). The Morgan fingerprint density at radius 2 is 1.68 bits per heavy atom. The molecule has 0 aromatic heterocycles. The number of phenols is 2. The Morgan fingerprint density at radius 3 is 2.26 bits per heavy atom. The smallest absolute Gasteiger partial charge is 0.251 e. The van der Waals surface area contributed by atoms with Crippen molar-refractivity contribution in [1.82, 2.24) is 5.32 Å². The minimum atomic E-state index is -0.359. The van der Waals surface area contributed by atoms with E-state index in [2.05, 4.69) is 21.2 Å². The van der Waals surface area contributed by atoms with Gasteiger partial charge in [0, 0.05) is 12.1 Å². The van der Waals surface area contributed by atoms with E-state index in [1.807, 2.05) is 30.3 Å². The van der Waals surface area contributed by atoms with Crippen LogP contribution in [-0.2, 0) is 6.54 Å². The van der Waals surface area contributed by atoms with Crippen molar-refractivity contribution in [2.75, 3.05) is 0 Å². The molecule has 0 unspecified atom stereocenters. The molecule has 0 aliphatic rings. The summed E-state index contributed by atoms with van der Waals surface area (Å²) in [7, 11) is 0. The first kappa shape index (κ1) is 13.4. The minimum Gasteiger partial charge on any atom is -0.507 e. The van der Waals surface area contributed by atoms with Gasteiger partial charge < -0.3 is 15.5 Å². The quantitative estimate of drug-likeness (QED) is 0.814. The van der Waals surface area contributed by atoms with Gasteiger partial charge in [0.25, 0.3) is 5.91 Å². The molecule has 0 saturated heterocycles. The molecule has 5 heteroatoms. The van der Waals surface area contributed by atoms with Crippen LogP contribution in [0.1, 0.15) is 15.9 Å². The summed E-state index contributed by atoms with van der Waals surface area (Å²) in [6.07, 6.45) is 0. The first-order chi connectivity index (χ1) is 9.08. The molecule has 0 aliphatic heterocycles. The fourth-order valence-electron chi connectivity index (χ4n) is 1.61. The zero-order valence-electron chi connectivity index (χ0n) is 9.93. The number of carbonyl (C=O) groups excluding carboxylic acids is 1. The van der Waals surface area contributed by atoms with Crippen LogP contribution >= 0.6 is 15.9 Å². The maximum absolute atomic E-state index is 11.9. The molecule has 0 bridgehead atoms. The number of rotatable bonds is 3. The second-order valence-corrected chi connectivity index (χ2v) is 4.79. The van der Waals surface area contributed by atoms with Crippen LogP contribution in [0.15, 0.2) is 46.9 Å². The fraction of sp³-hybridized carbons (Fsp3) is 0.0714. The Morgan fingerprint density at radius 1 is 1.11 bits per heavy atom. The number of amides is 1. The van der Waals surface area contributed by atoms with Crippen molar-refractivity contribution in [1.29, 1.82) is 0 Å². The Labute approximate surface area is 118 Å². The second kappa shape index (κ2) is 5.75. The first-order valence-corrected chi connectivity index (χ1v) is 6.41. The van der Waals surface area contributed by atoms with Gasteiger partial charge in [0.2, 0.25) is 0 Å². The van der Waals surface area contributed by atoms with Crippen LogP contribution in [0.25, 0.3) is 0 Å². The number of benzene rings is 2. The number of hydrogen-bond acceptors (Lipinski definition) is 3. The summed E-state index contributed by atoms with van der Waals surface area (Å²) in [4.78, 5) is 11.9. The first-order valence-electron chi connectivity index (χ1n) is 5.61. The van der Waals surface area contributed by atoms with E-state index in [1.165, 1.54) is 12.1 Å². The lowest BCUT2D eigenvalue weighted by Crippen LogP contribution is -2.22. The van der Waals surface area contributed by atoms with Gasteiger partial charge in [0.05, 0.1) is 0 Å². The van der Waals surface area contributed by atoms with Gasteiger partial charge in [-0.15, -0.1) is 0 Å². The Kier molecular flexibility index (Phi) is 4.06. The minimum absolute atomic E-state index is 0.173. The monoisotopic (exact) mass is 321 g/mol. The fourth-order valence-corrected chi connectivity index (χ4v) is 1.83. The van der Waals surface area contributed by atoms with E-state index in [9.17, 15) is 15.0 Å². The van der Waals surface area contributed by atoms with Gasteiger partial charge in [-0.1, -0.05) is 30.3 Å². The van der Waals surface area contributed by atoms with Crippen molar-refractivity contribution in [3.05, 3.63) is 58.1 Å². The van der Waals surface area contributed by atoms with Crippen LogP contribution in [-0.4, -0.2) is 16.1 Å². The summed E-state index contributed by atoms with van der Waals surface area (Å²) < 4.78 is 0.173. The highest BCUT2D eigenvalue weighted by atomic mass is 79.9. The molecule has 0 radical (unpaired) electrons. The zero-order chi connectivity index (χ0) is 13.8. The van der Waals surface area contributed by atoms with Gasteiger partial charge in [0.1, 0.15) is 16.0 Å². The Balaban J connectivity index is 2.08. The van der Waals surface area contributed by atoms with E-state index in [0.717, 1.165) is 5.56 Å². The van der Waals surface area contributed by atoms with Gasteiger partial charge >= 0.3 is 0 Å². The zero-order valence-corrected chi connectivity index (χ0v) is 11.5. The Hall–Kier alpha value is -2.01. The average molecular weight is 322 g/mol. The maximum atomic E-state index is 11.9. The van der Waals surface area contributed by atoms with E-state index in [1.54, 1.807) is 0 Å². The summed E-state index contributed by atoms with van der Waals surface area (Å²) in [5, 5.41) is 21.8. The molecule has 1 amide bonds. The van der Waals surface area contributed by atoms with E-state index in [4.69, 9.17) is 0 Å². The molecule has 0 atom stereocenters. The lowest BCUT2D eigenvalue weighted by atomic mass is 10.1. The highest BCUT2D eigenvalue weighted by Gasteiger charge is 2.12. The summed E-state index contributed by atoms with van der Waals surface area (Å²) in [5.41, 5.74) is 1.18. The second-order valence-electron chi connectivity index (χ2n) is 4.00. The molecule has 3 N–H and O–H groups in total. The SMILES string of the molecule is O=C(NCc1ccccc1)c1cc(O)c(Br)c(O)c1. The molecule has 0 aliphatic carbocycles. The third-order valence-corrected chi connectivity index (χ3v) is 3.40. The number of aromatic hydroxyl groups is 2. The van der Waals surface area contributed by atoms with Crippen molar-refractivity contribution in [3.8, 4) is 11.5 Å². The predicted octanol–water partition coefficient (Wildman–Crippen LogP) is 2.79. The number of phenolic OH excluding ortho intramolecular Hbond substituents is 2. The summed E-state index contributed by atoms with van der Waals surface area (Å²) >= 11 is 3.01. The number of hydrogen-bond donors (Lipinski definition) is 3. The highest BCUT2D eigenvalue weighted by Crippen LogP contribution is 2.33. The molecule has 4 nitrogen and oxygen atoms in total. The van der Waals surface area contributed by atoms with Gasteiger partial charge in [-0.05, 0) is 33.6 Å². The van der Waals surface area contributed by atoms with Crippen LogP contribution in [0.5, 0.6) is 11.5 Å². The van der Waals surface area contributed by atoms with Crippen LogP contribution in [0.4, 0.5) is 0 Å². The van der Waals surface area contributed by atoms with Crippen molar-refractivity contribution in [2.45, 2.75) is 6.54 Å². The van der Waals surface area contributed by atoms with Crippen molar-refractivity contribution < 1.29 is 15.0 Å². The third-order valence-electron chi connectivity index (χ3n) is 2.59. The lowest BCUT2D eigenvalue weighted by Gasteiger charge is -2.07. The van der Waals surface area contributed by atoms with Gasteiger partial charge in [-0.3, -0.25) is 4.79 Å². The number of halogens is 1. The van der Waals surface area contributed by atoms with Gasteiger partial charge in [-0.25, -0.2) is 0 Å². The largest absolute Gasteiger partial charge is 0.507 e. The van der Waals surface area contributed by atoms with E-state index >= 15 is 0 Å². The average Bonchev–Trinajstić information content (AvgIpc) is 2.42. The highest BCUT2D eigenvalue weighted by molar-refractivity contribution is 9.10. The molecular formula is C14H12BrNO3.